The summed E-state index contributed by atoms with van der Waals surface area (Å²) in [5.41, 5.74) is 0.561. The van der Waals surface area contributed by atoms with Crippen LogP contribution in [0, 0.1) is 13.8 Å². The van der Waals surface area contributed by atoms with Crippen LogP contribution >= 0.6 is 11.3 Å². The van der Waals surface area contributed by atoms with E-state index in [9.17, 15) is 19.2 Å². The lowest BCUT2D eigenvalue weighted by molar-refractivity contribution is -0.119. The summed E-state index contributed by atoms with van der Waals surface area (Å²) >= 11 is 0.862. The molecule has 0 saturated heterocycles. The molecular weight excluding hydrogens is 378 g/mol. The summed E-state index contributed by atoms with van der Waals surface area (Å²) in [6, 6.07) is 1.43. The van der Waals surface area contributed by atoms with E-state index in [1.54, 1.807) is 6.92 Å². The van der Waals surface area contributed by atoms with Crippen molar-refractivity contribution in [3.63, 3.8) is 0 Å². The SMILES string of the molecule is COC(=O)c1sc(NC(=O)COC(=O)c2ccoc2C)c(C(=O)OC)c1C. The Morgan fingerprint density at radius 1 is 1.07 bits per heavy atom. The maximum atomic E-state index is 12.1. The number of methoxy groups -OCH3 is 2. The minimum absolute atomic E-state index is 0.0354. The summed E-state index contributed by atoms with van der Waals surface area (Å²) in [7, 11) is 2.38. The molecule has 0 aliphatic rings. The monoisotopic (exact) mass is 395 g/mol. The molecule has 27 heavy (non-hydrogen) atoms. The number of nitrogens with one attached hydrogen (secondary N) is 1. The van der Waals surface area contributed by atoms with Crippen LogP contribution in [0.15, 0.2) is 16.7 Å². The molecule has 2 aromatic rings. The standard InChI is InChI=1S/C17H17NO8S/c1-8-12(16(21)23-3)14(27-13(8)17(22)24-4)18-11(19)7-26-15(20)10-5-6-25-9(10)2/h5-6H,7H2,1-4H3,(H,18,19). The summed E-state index contributed by atoms with van der Waals surface area (Å²) in [5.74, 6) is -2.41. The van der Waals surface area contributed by atoms with E-state index in [1.807, 2.05) is 0 Å². The number of carbonyl (C=O) groups is 4. The van der Waals surface area contributed by atoms with Crippen LogP contribution in [0.4, 0.5) is 5.00 Å². The number of furan rings is 1. The lowest BCUT2D eigenvalue weighted by Gasteiger charge is -2.07. The molecule has 0 unspecified atom stereocenters. The second kappa shape index (κ2) is 8.49. The zero-order chi connectivity index (χ0) is 20.1. The normalized spacial score (nSPS) is 10.2. The third-order valence-corrected chi connectivity index (χ3v) is 4.76. The van der Waals surface area contributed by atoms with E-state index in [1.165, 1.54) is 33.5 Å². The average Bonchev–Trinajstić information content (AvgIpc) is 3.21. The Labute approximate surface area is 158 Å². The maximum absolute atomic E-state index is 12.1. The number of esters is 3. The number of hydrogen-bond acceptors (Lipinski definition) is 9. The van der Waals surface area contributed by atoms with Gasteiger partial charge in [-0.1, -0.05) is 0 Å². The van der Waals surface area contributed by atoms with Crippen LogP contribution in [0.2, 0.25) is 0 Å². The Morgan fingerprint density at radius 2 is 1.74 bits per heavy atom. The van der Waals surface area contributed by atoms with Gasteiger partial charge in [0.2, 0.25) is 0 Å². The van der Waals surface area contributed by atoms with Crippen molar-refractivity contribution < 1.29 is 37.8 Å². The lowest BCUT2D eigenvalue weighted by Crippen LogP contribution is -2.21. The van der Waals surface area contributed by atoms with E-state index in [2.05, 4.69) is 10.1 Å². The number of ether oxygens (including phenoxy) is 3. The van der Waals surface area contributed by atoms with Crippen LogP contribution < -0.4 is 5.32 Å². The van der Waals surface area contributed by atoms with Crippen molar-refractivity contribution >= 4 is 40.2 Å². The van der Waals surface area contributed by atoms with Crippen molar-refractivity contribution in [2.75, 3.05) is 26.1 Å². The molecule has 0 aliphatic carbocycles. The van der Waals surface area contributed by atoms with Gasteiger partial charge in [-0.2, -0.15) is 0 Å². The lowest BCUT2D eigenvalue weighted by atomic mass is 10.1. The van der Waals surface area contributed by atoms with Gasteiger partial charge in [0, 0.05) is 0 Å². The molecule has 10 heteroatoms. The zero-order valence-corrected chi connectivity index (χ0v) is 15.9. The highest BCUT2D eigenvalue weighted by atomic mass is 32.1. The van der Waals surface area contributed by atoms with Crippen LogP contribution in [0.1, 0.15) is 41.7 Å². The number of thiophene rings is 1. The number of amides is 1. The van der Waals surface area contributed by atoms with E-state index in [4.69, 9.17) is 13.9 Å². The molecule has 0 atom stereocenters. The smallest absolute Gasteiger partial charge is 0.348 e. The molecule has 0 spiro atoms. The number of aryl methyl sites for hydroxylation is 1. The zero-order valence-electron chi connectivity index (χ0n) is 15.0. The molecular formula is C17H17NO8S. The van der Waals surface area contributed by atoms with E-state index in [-0.39, 0.29) is 21.0 Å². The van der Waals surface area contributed by atoms with E-state index >= 15 is 0 Å². The van der Waals surface area contributed by atoms with Crippen molar-refractivity contribution in [3.05, 3.63) is 39.7 Å². The summed E-state index contributed by atoms with van der Waals surface area (Å²) < 4.78 is 19.3. The maximum Gasteiger partial charge on any atom is 0.348 e. The molecule has 0 aromatic carbocycles. The number of anilines is 1. The first-order valence-corrected chi connectivity index (χ1v) is 8.42. The first-order chi connectivity index (χ1) is 12.8. The molecule has 0 bridgehead atoms. The second-order valence-electron chi connectivity index (χ2n) is 5.26. The Morgan fingerprint density at radius 3 is 2.30 bits per heavy atom. The van der Waals surface area contributed by atoms with Gasteiger partial charge in [0.25, 0.3) is 5.91 Å². The fourth-order valence-corrected chi connectivity index (χ4v) is 3.33. The largest absolute Gasteiger partial charge is 0.469 e. The van der Waals surface area contributed by atoms with Crippen LogP contribution in [0.25, 0.3) is 0 Å². The Kier molecular flexibility index (Phi) is 6.35. The molecule has 2 rings (SSSR count). The van der Waals surface area contributed by atoms with Gasteiger partial charge in [-0.05, 0) is 25.5 Å². The Balaban J connectivity index is 2.14. The van der Waals surface area contributed by atoms with Gasteiger partial charge in [-0.15, -0.1) is 11.3 Å². The van der Waals surface area contributed by atoms with Gasteiger partial charge < -0.3 is 23.9 Å². The van der Waals surface area contributed by atoms with E-state index < -0.39 is 30.4 Å². The summed E-state index contributed by atoms with van der Waals surface area (Å²) in [5, 5.41) is 2.55. The predicted octanol–water partition coefficient (Wildman–Crippen LogP) is 2.33. The fourth-order valence-electron chi connectivity index (χ4n) is 2.21. The Bertz CT molecular complexity index is 895. The van der Waals surface area contributed by atoms with Crippen molar-refractivity contribution in [1.82, 2.24) is 0 Å². The van der Waals surface area contributed by atoms with Crippen LogP contribution in [-0.4, -0.2) is 44.6 Å². The molecule has 9 nitrogen and oxygen atoms in total. The summed E-state index contributed by atoms with van der Waals surface area (Å²) in [6.07, 6.45) is 1.33. The molecule has 2 heterocycles. The predicted molar refractivity (Wildman–Crippen MR) is 94.1 cm³/mol. The van der Waals surface area contributed by atoms with Gasteiger partial charge in [0.1, 0.15) is 21.2 Å². The van der Waals surface area contributed by atoms with Gasteiger partial charge in [-0.25, -0.2) is 14.4 Å². The van der Waals surface area contributed by atoms with Crippen molar-refractivity contribution in [2.24, 2.45) is 0 Å². The summed E-state index contributed by atoms with van der Waals surface area (Å²) in [6.45, 7) is 2.53. The van der Waals surface area contributed by atoms with E-state index in [0.29, 0.717) is 11.3 Å². The van der Waals surface area contributed by atoms with E-state index in [0.717, 1.165) is 11.3 Å². The number of carbonyl (C=O) groups excluding carboxylic acids is 4. The topological polar surface area (TPSA) is 121 Å². The number of hydrogen-bond donors (Lipinski definition) is 1. The highest BCUT2D eigenvalue weighted by Crippen LogP contribution is 2.34. The average molecular weight is 395 g/mol. The van der Waals surface area contributed by atoms with Crippen molar-refractivity contribution in [2.45, 2.75) is 13.8 Å². The molecule has 0 fully saturated rings. The van der Waals surface area contributed by atoms with Gasteiger partial charge in [0.05, 0.1) is 26.0 Å². The molecule has 144 valence electrons. The molecule has 2 aromatic heterocycles. The highest BCUT2D eigenvalue weighted by Gasteiger charge is 2.27. The number of rotatable bonds is 6. The highest BCUT2D eigenvalue weighted by molar-refractivity contribution is 7.18. The van der Waals surface area contributed by atoms with Crippen LogP contribution in [-0.2, 0) is 19.0 Å². The van der Waals surface area contributed by atoms with Crippen LogP contribution in [0.3, 0.4) is 0 Å². The first-order valence-electron chi connectivity index (χ1n) is 7.61. The first kappa shape index (κ1) is 20.2. The molecule has 0 radical (unpaired) electrons. The van der Waals surface area contributed by atoms with Gasteiger partial charge >= 0.3 is 17.9 Å². The third kappa shape index (κ3) is 4.34. The van der Waals surface area contributed by atoms with Gasteiger partial charge in [0.15, 0.2) is 6.61 Å². The second-order valence-corrected chi connectivity index (χ2v) is 6.28. The molecule has 0 aliphatic heterocycles. The van der Waals surface area contributed by atoms with Crippen molar-refractivity contribution in [3.8, 4) is 0 Å². The third-order valence-electron chi connectivity index (χ3n) is 3.57. The minimum Gasteiger partial charge on any atom is -0.469 e. The molecule has 1 N–H and O–H groups in total. The minimum atomic E-state index is -0.722. The van der Waals surface area contributed by atoms with Gasteiger partial charge in [-0.3, -0.25) is 4.79 Å². The fraction of sp³-hybridized carbons (Fsp3) is 0.294. The quantitative estimate of drug-likeness (QED) is 0.584. The molecule has 0 saturated carbocycles. The Hall–Kier alpha value is -3.14. The molecule has 1 amide bonds. The van der Waals surface area contributed by atoms with Crippen LogP contribution in [0.5, 0.6) is 0 Å². The summed E-state index contributed by atoms with van der Waals surface area (Å²) in [4.78, 5) is 48.0. The van der Waals surface area contributed by atoms with Crippen molar-refractivity contribution in [1.29, 1.82) is 0 Å².